The highest BCUT2D eigenvalue weighted by atomic mass is 31.2. The monoisotopic (exact) mass is 578 g/mol. The molecule has 0 radical (unpaired) electrons. The van der Waals surface area contributed by atoms with Crippen LogP contribution in [0.1, 0.15) is 18.5 Å². The third-order valence-corrected chi connectivity index (χ3v) is 10.2. The van der Waals surface area contributed by atoms with Gasteiger partial charge in [-0.1, -0.05) is 30.3 Å². The molecule has 4 aromatic rings. The van der Waals surface area contributed by atoms with Crippen LogP contribution in [-0.4, -0.2) is 75.2 Å². The van der Waals surface area contributed by atoms with Crippen molar-refractivity contribution in [3.8, 4) is 0 Å². The molecule has 1 aliphatic rings. The highest BCUT2D eigenvalue weighted by Crippen LogP contribution is 2.52. The number of hydrogen-bond donors (Lipinski definition) is 7. The molecular formula is C23H28N6O8P2. The van der Waals surface area contributed by atoms with Gasteiger partial charge < -0.3 is 34.9 Å². The summed E-state index contributed by atoms with van der Waals surface area (Å²) in [6.45, 7) is 1.10. The van der Waals surface area contributed by atoms with Gasteiger partial charge in [-0.2, -0.15) is 0 Å². The van der Waals surface area contributed by atoms with E-state index in [1.807, 2.05) is 42.5 Å². The zero-order valence-corrected chi connectivity index (χ0v) is 22.5. The first-order chi connectivity index (χ1) is 18.3. The number of aliphatic hydroxyl groups is 2. The van der Waals surface area contributed by atoms with Crippen molar-refractivity contribution in [3.63, 3.8) is 0 Å². The molecule has 0 bridgehead atoms. The fraction of sp³-hybridized carbons (Fsp3) is 0.348. The summed E-state index contributed by atoms with van der Waals surface area (Å²) in [4.78, 5) is 41.0. The van der Waals surface area contributed by atoms with Gasteiger partial charge >= 0.3 is 7.60 Å². The van der Waals surface area contributed by atoms with Crippen molar-refractivity contribution in [1.82, 2.24) is 24.6 Å². The summed E-state index contributed by atoms with van der Waals surface area (Å²) in [5.41, 5.74) is -0.245. The molecule has 0 amide bonds. The summed E-state index contributed by atoms with van der Waals surface area (Å²) >= 11 is 0. The summed E-state index contributed by atoms with van der Waals surface area (Å²) in [6.07, 6.45) is -1.35. The molecule has 2 aromatic heterocycles. The minimum absolute atomic E-state index is 0.230. The molecule has 0 spiro atoms. The highest BCUT2D eigenvalue weighted by Gasteiger charge is 2.49. The zero-order chi connectivity index (χ0) is 28.0. The van der Waals surface area contributed by atoms with Crippen molar-refractivity contribution in [1.29, 1.82) is 0 Å². The Kier molecular flexibility index (Phi) is 7.36. The van der Waals surface area contributed by atoms with Crippen LogP contribution in [0.4, 0.5) is 11.5 Å². The Morgan fingerprint density at radius 3 is 2.62 bits per heavy atom. The first-order valence-corrected chi connectivity index (χ1v) is 15.6. The molecule has 16 heteroatoms. The fourth-order valence-corrected chi connectivity index (χ4v) is 7.43. The van der Waals surface area contributed by atoms with Gasteiger partial charge in [0.05, 0.1) is 12.9 Å². The van der Waals surface area contributed by atoms with Crippen molar-refractivity contribution in [2.75, 3.05) is 24.4 Å². The highest BCUT2D eigenvalue weighted by molar-refractivity contribution is 7.71. The molecule has 14 nitrogen and oxygen atoms in total. The number of aryl methyl sites for hydroxylation is 1. The lowest BCUT2D eigenvalue weighted by molar-refractivity contribution is -0.0635. The minimum Gasteiger partial charge on any atom is -0.385 e. The standard InChI is InChI=1S/C23H28N6O8P2/c1-14-26-20(28-17-7-6-15-4-2-3-5-16(15)10-17)18-21(27-14)29(12-24-18)22-19(30)23(31,11-37-22)8-9-25-38(32,33)13-39(34,35)36/h2-7,10,12,19,22,30-31H,8-9,11,13H2,1H3,(H2,25,32,33)(H,26,27,28)(H2,34,35,36)/t19?,22-,23?/m1/s1. The third-order valence-electron chi connectivity index (χ3n) is 6.44. The van der Waals surface area contributed by atoms with Crippen LogP contribution in [0.15, 0.2) is 48.8 Å². The number of imidazole rings is 1. The van der Waals surface area contributed by atoms with Gasteiger partial charge in [-0.3, -0.25) is 13.7 Å². The minimum atomic E-state index is -4.73. The molecule has 1 saturated heterocycles. The molecule has 1 aliphatic heterocycles. The second-order valence-electron chi connectivity index (χ2n) is 9.55. The van der Waals surface area contributed by atoms with Gasteiger partial charge in [0.2, 0.25) is 0 Å². The molecule has 3 heterocycles. The molecule has 208 valence electrons. The van der Waals surface area contributed by atoms with Crippen molar-refractivity contribution in [3.05, 3.63) is 54.6 Å². The Bertz CT molecular complexity index is 1630. The first kappa shape index (κ1) is 27.8. The maximum atomic E-state index is 12.0. The zero-order valence-electron chi connectivity index (χ0n) is 20.7. The predicted octanol–water partition coefficient (Wildman–Crippen LogP) is 1.95. The van der Waals surface area contributed by atoms with E-state index < -0.39 is 39.0 Å². The molecular weight excluding hydrogens is 550 g/mol. The smallest absolute Gasteiger partial charge is 0.336 e. The molecule has 39 heavy (non-hydrogen) atoms. The van der Waals surface area contributed by atoms with Crippen LogP contribution >= 0.6 is 15.1 Å². The molecule has 3 unspecified atom stereocenters. The van der Waals surface area contributed by atoms with E-state index in [-0.39, 0.29) is 19.6 Å². The van der Waals surface area contributed by atoms with Gasteiger partial charge in [0.15, 0.2) is 23.2 Å². The Morgan fingerprint density at radius 2 is 1.87 bits per heavy atom. The third kappa shape index (κ3) is 6.04. The number of benzene rings is 2. The summed E-state index contributed by atoms with van der Waals surface area (Å²) in [5, 5.41) is 29.5. The van der Waals surface area contributed by atoms with E-state index in [1.165, 1.54) is 10.9 Å². The number of aromatic nitrogens is 4. The van der Waals surface area contributed by atoms with Crippen molar-refractivity contribution >= 4 is 48.6 Å². The number of rotatable bonds is 9. The number of anilines is 2. The van der Waals surface area contributed by atoms with Gasteiger partial charge in [-0.15, -0.1) is 0 Å². The van der Waals surface area contributed by atoms with Crippen molar-refractivity contribution in [2.24, 2.45) is 0 Å². The van der Waals surface area contributed by atoms with Crippen LogP contribution in [0.25, 0.3) is 21.9 Å². The van der Waals surface area contributed by atoms with Gasteiger partial charge in [-0.25, -0.2) is 20.0 Å². The second-order valence-corrected chi connectivity index (χ2v) is 13.7. The molecule has 2 aromatic carbocycles. The molecule has 4 atom stereocenters. The van der Waals surface area contributed by atoms with E-state index in [9.17, 15) is 24.2 Å². The lowest BCUT2D eigenvalue weighted by Gasteiger charge is -2.27. The molecule has 0 aliphatic carbocycles. The quantitative estimate of drug-likeness (QED) is 0.142. The average molecular weight is 578 g/mol. The van der Waals surface area contributed by atoms with E-state index in [2.05, 4.69) is 25.4 Å². The maximum absolute atomic E-state index is 12.0. The van der Waals surface area contributed by atoms with Crippen molar-refractivity contribution < 1.29 is 38.8 Å². The second kappa shape index (κ2) is 10.3. The maximum Gasteiger partial charge on any atom is 0.336 e. The summed E-state index contributed by atoms with van der Waals surface area (Å²) < 4.78 is 30.2. The number of nitrogens with one attached hydrogen (secondary N) is 2. The Balaban J connectivity index is 1.34. The van der Waals surface area contributed by atoms with Crippen LogP contribution in [0.5, 0.6) is 0 Å². The fourth-order valence-electron chi connectivity index (χ4n) is 4.57. The van der Waals surface area contributed by atoms with Crippen LogP contribution in [0, 0.1) is 6.92 Å². The number of fused-ring (bicyclic) bond motifs is 2. The number of nitrogens with zero attached hydrogens (tertiary/aromatic N) is 4. The van der Waals surface area contributed by atoms with Crippen LogP contribution in [0.3, 0.4) is 0 Å². The molecule has 0 saturated carbocycles. The lowest BCUT2D eigenvalue weighted by atomic mass is 9.95. The average Bonchev–Trinajstić information content (AvgIpc) is 3.38. The normalized spacial score (nSPS) is 23.3. The van der Waals surface area contributed by atoms with E-state index in [4.69, 9.17) is 14.5 Å². The molecule has 7 N–H and O–H groups in total. The van der Waals surface area contributed by atoms with Gasteiger partial charge in [0.25, 0.3) is 7.52 Å². The summed E-state index contributed by atoms with van der Waals surface area (Å²) in [6, 6.07) is 13.8. The van der Waals surface area contributed by atoms with Gasteiger partial charge in [-0.05, 0) is 36.2 Å². The largest absolute Gasteiger partial charge is 0.385 e. The molecule has 1 fully saturated rings. The van der Waals surface area contributed by atoms with Crippen molar-refractivity contribution in [2.45, 2.75) is 31.3 Å². The van der Waals surface area contributed by atoms with E-state index >= 15 is 0 Å². The number of hydrogen-bond acceptors (Lipinski definition) is 9. The predicted molar refractivity (Wildman–Crippen MR) is 143 cm³/mol. The summed E-state index contributed by atoms with van der Waals surface area (Å²) in [7, 11) is -9.09. The van der Waals surface area contributed by atoms with Crippen LogP contribution in [-0.2, 0) is 13.9 Å². The first-order valence-electron chi connectivity index (χ1n) is 11.9. The topological polar surface area (TPSA) is 212 Å². The SMILES string of the molecule is Cc1nc(Nc2ccc3ccccc3c2)c2ncn([C@@H]3OCC(O)(CCNP(=O)(O)CP(=O)(O)O)C3O)c2n1. The van der Waals surface area contributed by atoms with E-state index in [0.717, 1.165) is 16.5 Å². The number of ether oxygens (including phenoxy) is 1. The summed E-state index contributed by atoms with van der Waals surface area (Å²) in [5.74, 6) is -0.360. The Morgan fingerprint density at radius 1 is 1.13 bits per heavy atom. The lowest BCUT2D eigenvalue weighted by Crippen LogP contribution is -2.44. The Labute approximate surface area is 222 Å². The molecule has 5 rings (SSSR count). The Hall–Kier alpha value is -2.77. The van der Waals surface area contributed by atoms with E-state index in [0.29, 0.717) is 22.8 Å². The van der Waals surface area contributed by atoms with Crippen LogP contribution in [0.2, 0.25) is 0 Å². The van der Waals surface area contributed by atoms with Crippen LogP contribution < -0.4 is 10.4 Å². The number of aliphatic hydroxyl groups excluding tert-OH is 1. The van der Waals surface area contributed by atoms with Gasteiger partial charge in [0, 0.05) is 12.2 Å². The van der Waals surface area contributed by atoms with Gasteiger partial charge in [0.1, 0.15) is 23.4 Å². The van der Waals surface area contributed by atoms with E-state index in [1.54, 1.807) is 6.92 Å².